The van der Waals surface area contributed by atoms with Gasteiger partial charge in [0.15, 0.2) is 5.82 Å². The van der Waals surface area contributed by atoms with Crippen molar-refractivity contribution in [3.63, 3.8) is 0 Å². The molecule has 0 saturated heterocycles. The summed E-state index contributed by atoms with van der Waals surface area (Å²) in [4.78, 5) is 0.831. The number of hydrogen-bond acceptors (Lipinski definition) is 5. The number of rotatable bonds is 2. The van der Waals surface area contributed by atoms with E-state index in [-0.39, 0.29) is 0 Å². The van der Waals surface area contributed by atoms with Gasteiger partial charge in [-0.3, -0.25) is 4.68 Å². The van der Waals surface area contributed by atoms with Crippen LogP contribution in [-0.2, 0) is 7.05 Å². The summed E-state index contributed by atoms with van der Waals surface area (Å²) in [5, 5.41) is 18.3. The lowest BCUT2D eigenvalue weighted by Crippen LogP contribution is -1.96. The first-order valence-corrected chi connectivity index (χ1v) is 6.60. The van der Waals surface area contributed by atoms with E-state index in [0.29, 0.717) is 5.92 Å². The first kappa shape index (κ1) is 11.3. The van der Waals surface area contributed by atoms with Crippen LogP contribution in [0.15, 0.2) is 6.20 Å². The Morgan fingerprint density at radius 2 is 2.06 bits per heavy atom. The van der Waals surface area contributed by atoms with Crippen molar-refractivity contribution in [3.8, 4) is 11.4 Å². The topological polar surface area (TPSA) is 60.9 Å². The van der Waals surface area contributed by atoms with E-state index in [9.17, 15) is 0 Å². The van der Waals surface area contributed by atoms with E-state index in [0.717, 1.165) is 27.1 Å². The van der Waals surface area contributed by atoms with Gasteiger partial charge < -0.3 is 0 Å². The molecule has 0 aliphatic carbocycles. The molecule has 0 aromatic carbocycles. The molecule has 0 N–H and O–H groups in total. The molecule has 3 aromatic rings. The zero-order chi connectivity index (χ0) is 12.9. The van der Waals surface area contributed by atoms with Gasteiger partial charge in [-0.05, 0) is 6.92 Å². The van der Waals surface area contributed by atoms with E-state index in [1.54, 1.807) is 17.5 Å². The van der Waals surface area contributed by atoms with Crippen LogP contribution < -0.4 is 0 Å². The molecule has 0 spiro atoms. The van der Waals surface area contributed by atoms with Crippen molar-refractivity contribution >= 4 is 16.3 Å². The number of aromatic nitrogens is 6. The molecule has 0 amide bonds. The number of aryl methyl sites for hydroxylation is 1. The first-order valence-electron chi connectivity index (χ1n) is 5.79. The summed E-state index contributed by atoms with van der Waals surface area (Å²) >= 11 is 1.58. The number of fused-ring (bicyclic) bond motifs is 1. The van der Waals surface area contributed by atoms with Crippen LogP contribution in [-0.4, -0.2) is 29.6 Å². The standard InChI is InChI=1S/C11H14N6S/c1-6(2)10-15-17-9(13-14-11(17)18-10)8-5-12-16(4)7(8)3/h5-6H,1-4H3. The highest BCUT2D eigenvalue weighted by Gasteiger charge is 2.17. The smallest absolute Gasteiger partial charge is 0.234 e. The molecule has 94 valence electrons. The van der Waals surface area contributed by atoms with Crippen molar-refractivity contribution < 1.29 is 0 Å². The molecule has 3 rings (SSSR count). The van der Waals surface area contributed by atoms with Crippen LogP contribution in [0.25, 0.3) is 16.3 Å². The van der Waals surface area contributed by atoms with Gasteiger partial charge in [0.25, 0.3) is 0 Å². The predicted molar refractivity (Wildman–Crippen MR) is 69.7 cm³/mol. The molecule has 0 bridgehead atoms. The third kappa shape index (κ3) is 1.54. The molecule has 0 radical (unpaired) electrons. The Kier molecular flexibility index (Phi) is 2.44. The molecule has 7 heteroatoms. The first-order chi connectivity index (χ1) is 8.58. The molecular formula is C11H14N6S. The maximum absolute atomic E-state index is 4.57. The van der Waals surface area contributed by atoms with Crippen LogP contribution >= 0.6 is 11.3 Å². The van der Waals surface area contributed by atoms with E-state index in [4.69, 9.17) is 0 Å². The van der Waals surface area contributed by atoms with Crippen LogP contribution in [0.5, 0.6) is 0 Å². The third-order valence-corrected chi connectivity index (χ3v) is 4.18. The Morgan fingerprint density at radius 3 is 2.67 bits per heavy atom. The minimum atomic E-state index is 0.402. The molecule has 0 aliphatic rings. The summed E-state index contributed by atoms with van der Waals surface area (Å²) in [7, 11) is 1.91. The molecule has 3 aromatic heterocycles. The van der Waals surface area contributed by atoms with Crippen LogP contribution in [0.3, 0.4) is 0 Å². The fraction of sp³-hybridized carbons (Fsp3) is 0.455. The lowest BCUT2D eigenvalue weighted by Gasteiger charge is -1.97. The summed E-state index contributed by atoms with van der Waals surface area (Å²) in [6.07, 6.45) is 1.81. The van der Waals surface area contributed by atoms with Crippen molar-refractivity contribution in [3.05, 3.63) is 16.9 Å². The molecule has 6 nitrogen and oxygen atoms in total. The van der Waals surface area contributed by atoms with E-state index in [1.165, 1.54) is 0 Å². The lowest BCUT2D eigenvalue weighted by molar-refractivity contribution is 0.740. The molecule has 0 aliphatic heterocycles. The molecular weight excluding hydrogens is 248 g/mol. The maximum Gasteiger partial charge on any atom is 0.234 e. The largest absolute Gasteiger partial charge is 0.272 e. The maximum atomic E-state index is 4.57. The fourth-order valence-corrected chi connectivity index (χ4v) is 2.59. The second-order valence-corrected chi connectivity index (χ2v) is 5.57. The van der Waals surface area contributed by atoms with E-state index in [1.807, 2.05) is 23.2 Å². The predicted octanol–water partition coefficient (Wildman–Crippen LogP) is 2.02. The third-order valence-electron chi connectivity index (χ3n) is 2.98. The summed E-state index contributed by atoms with van der Waals surface area (Å²) in [6.45, 7) is 6.26. The normalized spacial score (nSPS) is 11.8. The average molecular weight is 262 g/mol. The minimum absolute atomic E-state index is 0.402. The van der Waals surface area contributed by atoms with Crippen molar-refractivity contribution in [2.75, 3.05) is 0 Å². The number of hydrogen-bond donors (Lipinski definition) is 0. The molecule has 3 heterocycles. The average Bonchev–Trinajstić information content (AvgIpc) is 2.96. The van der Waals surface area contributed by atoms with Crippen molar-refractivity contribution in [1.29, 1.82) is 0 Å². The highest BCUT2D eigenvalue weighted by atomic mass is 32.1. The van der Waals surface area contributed by atoms with E-state index < -0.39 is 0 Å². The van der Waals surface area contributed by atoms with Crippen molar-refractivity contribution in [2.24, 2.45) is 7.05 Å². The Morgan fingerprint density at radius 1 is 1.28 bits per heavy atom. The summed E-state index contributed by atoms with van der Waals surface area (Å²) in [6, 6.07) is 0. The van der Waals surface area contributed by atoms with E-state index in [2.05, 4.69) is 34.2 Å². The van der Waals surface area contributed by atoms with Gasteiger partial charge >= 0.3 is 0 Å². The highest BCUT2D eigenvalue weighted by molar-refractivity contribution is 7.16. The van der Waals surface area contributed by atoms with Gasteiger partial charge in [0.05, 0.1) is 11.8 Å². The van der Waals surface area contributed by atoms with Gasteiger partial charge in [-0.1, -0.05) is 25.2 Å². The summed E-state index contributed by atoms with van der Waals surface area (Å²) in [5.74, 6) is 1.17. The Bertz CT molecular complexity index is 704. The monoisotopic (exact) mass is 262 g/mol. The van der Waals surface area contributed by atoms with Crippen LogP contribution in [0.4, 0.5) is 0 Å². The zero-order valence-electron chi connectivity index (χ0n) is 10.7. The second kappa shape index (κ2) is 3.88. The van der Waals surface area contributed by atoms with Gasteiger partial charge in [-0.15, -0.1) is 10.2 Å². The molecule has 18 heavy (non-hydrogen) atoms. The number of nitrogens with zero attached hydrogens (tertiary/aromatic N) is 6. The second-order valence-electron chi connectivity index (χ2n) is 4.58. The van der Waals surface area contributed by atoms with Crippen LogP contribution in [0, 0.1) is 6.92 Å². The molecule has 0 unspecified atom stereocenters. The summed E-state index contributed by atoms with van der Waals surface area (Å²) < 4.78 is 3.64. The van der Waals surface area contributed by atoms with Crippen LogP contribution in [0.2, 0.25) is 0 Å². The Hall–Kier alpha value is -1.76. The zero-order valence-corrected chi connectivity index (χ0v) is 11.6. The SMILES string of the molecule is Cc1c(-c2nnc3sc(C(C)C)nn23)cnn1C. The van der Waals surface area contributed by atoms with Gasteiger partial charge in [0.2, 0.25) is 4.96 Å². The van der Waals surface area contributed by atoms with Crippen LogP contribution in [0.1, 0.15) is 30.5 Å². The quantitative estimate of drug-likeness (QED) is 0.709. The Balaban J connectivity index is 2.20. The highest BCUT2D eigenvalue weighted by Crippen LogP contribution is 2.26. The van der Waals surface area contributed by atoms with E-state index >= 15 is 0 Å². The van der Waals surface area contributed by atoms with Gasteiger partial charge in [-0.25, -0.2) is 0 Å². The fourth-order valence-electron chi connectivity index (χ4n) is 1.75. The molecule has 0 atom stereocenters. The minimum Gasteiger partial charge on any atom is -0.272 e. The summed E-state index contributed by atoms with van der Waals surface area (Å²) in [5.41, 5.74) is 2.04. The van der Waals surface area contributed by atoms with Gasteiger partial charge in [-0.2, -0.15) is 14.7 Å². The van der Waals surface area contributed by atoms with Crippen molar-refractivity contribution in [1.82, 2.24) is 29.6 Å². The van der Waals surface area contributed by atoms with Gasteiger partial charge in [0, 0.05) is 18.7 Å². The lowest BCUT2D eigenvalue weighted by atomic mass is 10.2. The van der Waals surface area contributed by atoms with Crippen molar-refractivity contribution in [2.45, 2.75) is 26.7 Å². The molecule has 0 saturated carbocycles. The molecule has 0 fully saturated rings. The van der Waals surface area contributed by atoms with Gasteiger partial charge in [0.1, 0.15) is 5.01 Å². The Labute approximate surface area is 108 Å².